The summed E-state index contributed by atoms with van der Waals surface area (Å²) >= 11 is 0. The Morgan fingerprint density at radius 3 is 1.95 bits per heavy atom. The molecule has 2 aliphatic rings. The Bertz CT molecular complexity index is 533. The lowest BCUT2D eigenvalue weighted by Crippen LogP contribution is -2.63. The molecule has 0 aromatic carbocycles. The van der Waals surface area contributed by atoms with E-state index >= 15 is 0 Å². The molecule has 9 heteroatoms. The molecule has 0 spiro atoms. The Morgan fingerprint density at radius 2 is 1.55 bits per heavy atom. The van der Waals surface area contributed by atoms with E-state index in [4.69, 9.17) is 5.11 Å². The van der Waals surface area contributed by atoms with Gasteiger partial charge in [-0.15, -0.1) is 0 Å². The summed E-state index contributed by atoms with van der Waals surface area (Å²) in [5.41, 5.74) is -2.96. The topological polar surface area (TPSA) is 132 Å². The van der Waals surface area contributed by atoms with Crippen LogP contribution in [0.3, 0.4) is 0 Å². The predicted octanol–water partition coefficient (Wildman–Crippen LogP) is -2.17. The molecule has 9 nitrogen and oxygen atoms in total. The van der Waals surface area contributed by atoms with Crippen LogP contribution >= 0.6 is 0 Å². The third-order valence-electron chi connectivity index (χ3n) is 3.04. The van der Waals surface area contributed by atoms with Crippen molar-refractivity contribution in [1.29, 1.82) is 0 Å². The summed E-state index contributed by atoms with van der Waals surface area (Å²) in [5, 5.41) is 19.2. The van der Waals surface area contributed by atoms with Crippen LogP contribution in [-0.2, 0) is 24.0 Å². The number of likely N-dealkylation sites (tertiary alicyclic amines) is 1. The summed E-state index contributed by atoms with van der Waals surface area (Å²) in [6.07, 6.45) is 1.35. The number of carbonyl (C=O) groups is 5. The number of carbonyl (C=O) groups excluding carboxylic acids is 4. The van der Waals surface area contributed by atoms with E-state index in [1.165, 1.54) is 0 Å². The van der Waals surface area contributed by atoms with Crippen LogP contribution in [0.1, 0.15) is 12.8 Å². The van der Waals surface area contributed by atoms with Crippen LogP contribution in [-0.4, -0.2) is 61.9 Å². The highest BCUT2D eigenvalue weighted by atomic mass is 16.4. The number of carboxylic acids is 1. The van der Waals surface area contributed by atoms with Gasteiger partial charge in [0.2, 0.25) is 11.8 Å². The van der Waals surface area contributed by atoms with Crippen LogP contribution in [0.4, 0.5) is 0 Å². The fourth-order valence-corrected chi connectivity index (χ4v) is 2.03. The maximum Gasteiger partial charge on any atom is 0.359 e. The second-order valence-corrected chi connectivity index (χ2v) is 4.34. The molecule has 0 aromatic rings. The van der Waals surface area contributed by atoms with Gasteiger partial charge in [0, 0.05) is 25.0 Å². The average Bonchev–Trinajstić information content (AvgIpc) is 2.86. The van der Waals surface area contributed by atoms with Crippen LogP contribution in [0.5, 0.6) is 0 Å². The smallest absolute Gasteiger partial charge is 0.359 e. The van der Waals surface area contributed by atoms with Gasteiger partial charge >= 0.3 is 5.97 Å². The number of β-amino-alcohol motifs (C(OH)–C–C–N with tert-alkyl or cyclic N) is 1. The molecule has 2 aliphatic heterocycles. The molecule has 20 heavy (non-hydrogen) atoms. The van der Waals surface area contributed by atoms with Crippen molar-refractivity contribution >= 4 is 29.6 Å². The van der Waals surface area contributed by atoms with E-state index in [-0.39, 0.29) is 17.7 Å². The molecule has 2 N–H and O–H groups in total. The molecule has 2 rings (SSSR count). The predicted molar refractivity (Wildman–Crippen MR) is 59.5 cm³/mol. The maximum absolute atomic E-state index is 11.6. The quantitative estimate of drug-likeness (QED) is 0.561. The van der Waals surface area contributed by atoms with Crippen LogP contribution < -0.4 is 0 Å². The van der Waals surface area contributed by atoms with E-state index in [1.807, 2.05) is 0 Å². The summed E-state index contributed by atoms with van der Waals surface area (Å²) in [7, 11) is 0. The molecule has 1 atom stereocenters. The lowest BCUT2D eigenvalue weighted by Gasteiger charge is -2.33. The van der Waals surface area contributed by atoms with Crippen molar-refractivity contribution in [3.63, 3.8) is 0 Å². The largest absolute Gasteiger partial charge is 0.478 e. The fraction of sp³-hybridized carbons (Fsp3) is 0.364. The number of aliphatic carboxylic acids is 1. The average molecular weight is 282 g/mol. The molecular formula is C11H10N2O7. The fourth-order valence-electron chi connectivity index (χ4n) is 2.03. The minimum Gasteiger partial charge on any atom is -0.478 e. The second kappa shape index (κ2) is 4.53. The first-order chi connectivity index (χ1) is 9.27. The van der Waals surface area contributed by atoms with Gasteiger partial charge in [0.05, 0.1) is 6.54 Å². The number of nitrogens with zero attached hydrogens (tertiary/aromatic N) is 2. The minimum absolute atomic E-state index is 0.189. The first-order valence-electron chi connectivity index (χ1n) is 5.62. The number of rotatable bonds is 4. The molecule has 0 aliphatic carbocycles. The van der Waals surface area contributed by atoms with Crippen molar-refractivity contribution in [3.05, 3.63) is 12.2 Å². The van der Waals surface area contributed by atoms with Gasteiger partial charge < -0.3 is 10.2 Å². The summed E-state index contributed by atoms with van der Waals surface area (Å²) in [6.45, 7) is -1.01. The highest BCUT2D eigenvalue weighted by molar-refractivity contribution is 6.13. The maximum atomic E-state index is 11.6. The molecule has 0 radical (unpaired) electrons. The summed E-state index contributed by atoms with van der Waals surface area (Å²) < 4.78 is 0. The van der Waals surface area contributed by atoms with Crippen molar-refractivity contribution < 1.29 is 34.2 Å². The SMILES string of the molecule is O=C1C=CC(=O)N1CC(O)(C(=O)O)N1C(=O)CCC1=O. The summed E-state index contributed by atoms with van der Waals surface area (Å²) in [4.78, 5) is 57.8. The molecule has 0 saturated carbocycles. The second-order valence-electron chi connectivity index (χ2n) is 4.34. The molecule has 4 amide bonds. The van der Waals surface area contributed by atoms with Crippen LogP contribution in [0.15, 0.2) is 12.2 Å². The lowest BCUT2D eigenvalue weighted by atomic mass is 10.1. The van der Waals surface area contributed by atoms with E-state index in [0.717, 1.165) is 12.2 Å². The van der Waals surface area contributed by atoms with E-state index in [0.29, 0.717) is 4.90 Å². The zero-order valence-corrected chi connectivity index (χ0v) is 10.1. The first kappa shape index (κ1) is 13.9. The van der Waals surface area contributed by atoms with Crippen LogP contribution in [0.25, 0.3) is 0 Å². The van der Waals surface area contributed by atoms with Crippen molar-refractivity contribution in [2.24, 2.45) is 0 Å². The Morgan fingerprint density at radius 1 is 1.10 bits per heavy atom. The molecule has 1 fully saturated rings. The zero-order valence-electron chi connectivity index (χ0n) is 10.1. The lowest BCUT2D eigenvalue weighted by molar-refractivity contribution is -0.193. The number of carboxylic acid groups (broad SMARTS) is 1. The molecule has 0 aromatic heterocycles. The summed E-state index contributed by atoms with van der Waals surface area (Å²) in [6, 6.07) is 0. The number of amides is 4. The third-order valence-corrected chi connectivity index (χ3v) is 3.04. The van der Waals surface area contributed by atoms with E-state index in [1.54, 1.807) is 0 Å². The Kier molecular flexibility index (Phi) is 3.14. The van der Waals surface area contributed by atoms with Crippen LogP contribution in [0, 0.1) is 0 Å². The normalized spacial score (nSPS) is 21.9. The van der Waals surface area contributed by atoms with Gasteiger partial charge in [0.1, 0.15) is 0 Å². The molecule has 2 heterocycles. The van der Waals surface area contributed by atoms with Crippen molar-refractivity contribution in [1.82, 2.24) is 9.80 Å². The van der Waals surface area contributed by atoms with Gasteiger partial charge in [-0.1, -0.05) is 0 Å². The van der Waals surface area contributed by atoms with Gasteiger partial charge in [0.25, 0.3) is 17.5 Å². The number of imide groups is 2. The Balaban J connectivity index is 2.33. The zero-order chi connectivity index (χ0) is 15.1. The number of aliphatic hydroxyl groups is 1. The van der Waals surface area contributed by atoms with Crippen molar-refractivity contribution in [2.75, 3.05) is 6.54 Å². The molecule has 106 valence electrons. The molecule has 0 bridgehead atoms. The van der Waals surface area contributed by atoms with E-state index in [9.17, 15) is 29.1 Å². The summed E-state index contributed by atoms with van der Waals surface area (Å²) in [5.74, 6) is -5.28. The van der Waals surface area contributed by atoms with Crippen molar-refractivity contribution in [3.8, 4) is 0 Å². The molecular weight excluding hydrogens is 272 g/mol. The van der Waals surface area contributed by atoms with Crippen molar-refractivity contribution in [2.45, 2.75) is 18.6 Å². The number of hydrogen-bond donors (Lipinski definition) is 2. The standard InChI is InChI=1S/C11H10N2O7/c14-6-1-2-7(15)12(6)5-11(20,10(18)19)13-8(16)3-4-9(13)17/h1-2,20H,3-5H2,(H,18,19). The van der Waals surface area contributed by atoms with Crippen LogP contribution in [0.2, 0.25) is 0 Å². The Hall–Kier alpha value is -2.55. The molecule has 1 unspecified atom stereocenters. The first-order valence-corrected chi connectivity index (χ1v) is 5.62. The Labute approximate surface area is 112 Å². The van der Waals surface area contributed by atoms with Gasteiger partial charge in [0.15, 0.2) is 0 Å². The molecule has 1 saturated heterocycles. The monoisotopic (exact) mass is 282 g/mol. The van der Waals surface area contributed by atoms with E-state index in [2.05, 4.69) is 0 Å². The van der Waals surface area contributed by atoms with Gasteiger partial charge in [-0.05, 0) is 0 Å². The van der Waals surface area contributed by atoms with E-state index < -0.39 is 41.9 Å². The highest BCUT2D eigenvalue weighted by Crippen LogP contribution is 2.24. The van der Waals surface area contributed by atoms with Gasteiger partial charge in [-0.3, -0.25) is 24.1 Å². The van der Waals surface area contributed by atoms with Gasteiger partial charge in [-0.2, -0.15) is 0 Å². The third kappa shape index (κ3) is 1.97. The number of hydrogen-bond acceptors (Lipinski definition) is 6. The minimum atomic E-state index is -2.96. The highest BCUT2D eigenvalue weighted by Gasteiger charge is 2.53. The van der Waals surface area contributed by atoms with Gasteiger partial charge in [-0.25, -0.2) is 9.69 Å².